The van der Waals surface area contributed by atoms with E-state index in [1.165, 1.54) is 0 Å². The summed E-state index contributed by atoms with van der Waals surface area (Å²) in [5, 5.41) is 8.15. The third-order valence-electron chi connectivity index (χ3n) is 3.98. The summed E-state index contributed by atoms with van der Waals surface area (Å²) in [6, 6.07) is 19.3. The number of benzene rings is 2. The molecule has 0 fully saturated rings. The second kappa shape index (κ2) is 6.57. The Morgan fingerprint density at radius 1 is 0.960 bits per heavy atom. The Morgan fingerprint density at radius 2 is 1.80 bits per heavy atom. The average molecular weight is 328 g/mol. The number of anilines is 1. The molecule has 0 aliphatic rings. The molecule has 25 heavy (non-hydrogen) atoms. The summed E-state index contributed by atoms with van der Waals surface area (Å²) in [6.45, 7) is 0. The number of hydrogen-bond donors (Lipinski definition) is 1. The summed E-state index contributed by atoms with van der Waals surface area (Å²) in [7, 11) is 0. The van der Waals surface area contributed by atoms with E-state index in [9.17, 15) is 4.79 Å². The van der Waals surface area contributed by atoms with Gasteiger partial charge in [-0.15, -0.1) is 0 Å². The number of hydrogen-bond acceptors (Lipinski definition) is 3. The van der Waals surface area contributed by atoms with Crippen molar-refractivity contribution in [3.05, 3.63) is 84.8 Å². The number of para-hydroxylation sites is 1. The van der Waals surface area contributed by atoms with Crippen LogP contribution in [0.15, 0.2) is 79.3 Å². The number of rotatable bonds is 4. The SMILES string of the molecule is O=C(Cc1ccc(-n2cccn2)cc1)Nc1cccc2cccnc12. The van der Waals surface area contributed by atoms with Crippen LogP contribution in [0.4, 0.5) is 5.69 Å². The van der Waals surface area contributed by atoms with Gasteiger partial charge in [0.1, 0.15) is 0 Å². The molecule has 1 N–H and O–H groups in total. The Labute approximate surface area is 144 Å². The first kappa shape index (κ1) is 15.1. The lowest BCUT2D eigenvalue weighted by atomic mass is 10.1. The number of amides is 1. The van der Waals surface area contributed by atoms with E-state index in [-0.39, 0.29) is 5.91 Å². The van der Waals surface area contributed by atoms with Crippen molar-refractivity contribution in [1.29, 1.82) is 0 Å². The van der Waals surface area contributed by atoms with Crippen molar-refractivity contribution in [2.75, 3.05) is 5.32 Å². The lowest BCUT2D eigenvalue weighted by molar-refractivity contribution is -0.115. The molecule has 1 amide bonds. The van der Waals surface area contributed by atoms with Gasteiger partial charge in [-0.25, -0.2) is 4.68 Å². The van der Waals surface area contributed by atoms with Gasteiger partial charge in [0.05, 0.1) is 23.3 Å². The fourth-order valence-electron chi connectivity index (χ4n) is 2.77. The van der Waals surface area contributed by atoms with E-state index in [0.29, 0.717) is 6.42 Å². The van der Waals surface area contributed by atoms with Crippen molar-refractivity contribution in [2.45, 2.75) is 6.42 Å². The quantitative estimate of drug-likeness (QED) is 0.622. The minimum Gasteiger partial charge on any atom is -0.324 e. The molecule has 2 heterocycles. The van der Waals surface area contributed by atoms with Crippen molar-refractivity contribution in [3.8, 4) is 5.69 Å². The van der Waals surface area contributed by atoms with Crippen LogP contribution in [-0.4, -0.2) is 20.7 Å². The van der Waals surface area contributed by atoms with Crippen LogP contribution in [0.3, 0.4) is 0 Å². The fourth-order valence-corrected chi connectivity index (χ4v) is 2.77. The zero-order chi connectivity index (χ0) is 17.1. The van der Waals surface area contributed by atoms with Crippen molar-refractivity contribution < 1.29 is 4.79 Å². The summed E-state index contributed by atoms with van der Waals surface area (Å²) in [5.41, 5.74) is 3.44. The molecule has 0 aliphatic carbocycles. The highest BCUT2D eigenvalue weighted by Crippen LogP contribution is 2.21. The van der Waals surface area contributed by atoms with E-state index in [0.717, 1.165) is 27.8 Å². The molecule has 0 aliphatic heterocycles. The van der Waals surface area contributed by atoms with E-state index in [1.54, 1.807) is 17.1 Å². The lowest BCUT2D eigenvalue weighted by Gasteiger charge is -2.08. The third kappa shape index (κ3) is 3.26. The molecule has 0 radical (unpaired) electrons. The Hall–Kier alpha value is -3.47. The molecular formula is C20H16N4O. The number of aromatic nitrogens is 3. The number of carbonyl (C=O) groups excluding carboxylic acids is 1. The van der Waals surface area contributed by atoms with Crippen molar-refractivity contribution in [2.24, 2.45) is 0 Å². The Morgan fingerprint density at radius 3 is 2.60 bits per heavy atom. The van der Waals surface area contributed by atoms with Gasteiger partial charge >= 0.3 is 0 Å². The summed E-state index contributed by atoms with van der Waals surface area (Å²) in [6.07, 6.45) is 5.66. The van der Waals surface area contributed by atoms with Crippen LogP contribution in [0.1, 0.15) is 5.56 Å². The molecule has 0 spiro atoms. The molecule has 4 rings (SSSR count). The predicted octanol–water partition coefficient (Wildman–Crippen LogP) is 3.60. The molecule has 0 bridgehead atoms. The zero-order valence-electron chi connectivity index (χ0n) is 13.5. The van der Waals surface area contributed by atoms with Gasteiger partial charge < -0.3 is 5.32 Å². The van der Waals surface area contributed by atoms with Gasteiger partial charge in [-0.3, -0.25) is 9.78 Å². The maximum absolute atomic E-state index is 12.4. The van der Waals surface area contributed by atoms with Crippen LogP contribution in [0, 0.1) is 0 Å². The number of nitrogens with one attached hydrogen (secondary N) is 1. The van der Waals surface area contributed by atoms with Gasteiger partial charge in [0.15, 0.2) is 0 Å². The highest BCUT2D eigenvalue weighted by Gasteiger charge is 2.08. The van der Waals surface area contributed by atoms with E-state index in [2.05, 4.69) is 15.4 Å². The predicted molar refractivity (Wildman–Crippen MR) is 97.6 cm³/mol. The van der Waals surface area contributed by atoms with Crippen molar-refractivity contribution in [1.82, 2.24) is 14.8 Å². The maximum Gasteiger partial charge on any atom is 0.228 e. The van der Waals surface area contributed by atoms with Gasteiger partial charge in [-0.1, -0.05) is 30.3 Å². The molecule has 4 aromatic rings. The van der Waals surface area contributed by atoms with Crippen LogP contribution >= 0.6 is 0 Å². The topological polar surface area (TPSA) is 59.8 Å². The summed E-state index contributed by atoms with van der Waals surface area (Å²) in [4.78, 5) is 16.7. The normalized spacial score (nSPS) is 10.7. The standard InChI is InChI=1S/C20H16N4O/c25-19(23-18-6-1-4-16-5-2-11-21-20(16)18)14-15-7-9-17(10-8-15)24-13-3-12-22-24/h1-13H,14H2,(H,23,25). The molecule has 2 aromatic heterocycles. The number of nitrogens with zero attached hydrogens (tertiary/aromatic N) is 3. The molecular weight excluding hydrogens is 312 g/mol. The van der Waals surface area contributed by atoms with Crippen LogP contribution in [-0.2, 0) is 11.2 Å². The van der Waals surface area contributed by atoms with E-state index >= 15 is 0 Å². The highest BCUT2D eigenvalue weighted by atomic mass is 16.1. The zero-order valence-corrected chi connectivity index (χ0v) is 13.5. The second-order valence-corrected chi connectivity index (χ2v) is 5.72. The Balaban J connectivity index is 1.48. The van der Waals surface area contributed by atoms with E-state index < -0.39 is 0 Å². The van der Waals surface area contributed by atoms with Gasteiger partial charge in [0.2, 0.25) is 5.91 Å². The minimum absolute atomic E-state index is 0.0648. The van der Waals surface area contributed by atoms with Gasteiger partial charge in [0.25, 0.3) is 0 Å². The summed E-state index contributed by atoms with van der Waals surface area (Å²) < 4.78 is 1.78. The molecule has 5 heteroatoms. The first-order valence-electron chi connectivity index (χ1n) is 8.02. The lowest BCUT2D eigenvalue weighted by Crippen LogP contribution is -2.14. The molecule has 0 saturated heterocycles. The molecule has 2 aromatic carbocycles. The van der Waals surface area contributed by atoms with Gasteiger partial charge in [-0.05, 0) is 35.9 Å². The fraction of sp³-hybridized carbons (Fsp3) is 0.0500. The van der Waals surface area contributed by atoms with Crippen molar-refractivity contribution in [3.63, 3.8) is 0 Å². The molecule has 0 atom stereocenters. The van der Waals surface area contributed by atoms with Crippen LogP contribution in [0.25, 0.3) is 16.6 Å². The summed E-state index contributed by atoms with van der Waals surface area (Å²) >= 11 is 0. The van der Waals surface area contributed by atoms with E-state index in [4.69, 9.17) is 0 Å². The van der Waals surface area contributed by atoms with Gasteiger partial charge in [-0.2, -0.15) is 5.10 Å². The maximum atomic E-state index is 12.4. The molecule has 5 nitrogen and oxygen atoms in total. The number of fused-ring (bicyclic) bond motifs is 1. The van der Waals surface area contributed by atoms with E-state index in [1.807, 2.05) is 66.9 Å². The third-order valence-corrected chi connectivity index (χ3v) is 3.98. The monoisotopic (exact) mass is 328 g/mol. The summed E-state index contributed by atoms with van der Waals surface area (Å²) in [5.74, 6) is -0.0648. The smallest absolute Gasteiger partial charge is 0.228 e. The largest absolute Gasteiger partial charge is 0.324 e. The first-order chi connectivity index (χ1) is 12.3. The Kier molecular flexibility index (Phi) is 3.96. The Bertz CT molecular complexity index is 1000. The molecule has 0 unspecified atom stereocenters. The van der Waals surface area contributed by atoms with Crippen LogP contribution in [0.5, 0.6) is 0 Å². The average Bonchev–Trinajstić information content (AvgIpc) is 3.17. The molecule has 0 saturated carbocycles. The van der Waals surface area contributed by atoms with Crippen LogP contribution < -0.4 is 5.32 Å². The van der Waals surface area contributed by atoms with Crippen LogP contribution in [0.2, 0.25) is 0 Å². The van der Waals surface area contributed by atoms with Gasteiger partial charge in [0, 0.05) is 24.0 Å². The number of carbonyl (C=O) groups is 1. The van der Waals surface area contributed by atoms with Crippen molar-refractivity contribution >= 4 is 22.5 Å². The number of pyridine rings is 1. The first-order valence-corrected chi connectivity index (χ1v) is 8.02. The highest BCUT2D eigenvalue weighted by molar-refractivity contribution is 6.00. The molecule has 122 valence electrons. The second-order valence-electron chi connectivity index (χ2n) is 5.72. The minimum atomic E-state index is -0.0648.